The van der Waals surface area contributed by atoms with Crippen molar-refractivity contribution in [3.8, 4) is 0 Å². The van der Waals surface area contributed by atoms with Crippen LogP contribution in [0.1, 0.15) is 41.7 Å². The number of nitrogens with two attached hydrogens (primary N) is 1. The van der Waals surface area contributed by atoms with E-state index in [1.165, 1.54) is 0 Å². The first kappa shape index (κ1) is 20.4. The second kappa shape index (κ2) is 10.3. The maximum Gasteiger partial charge on any atom is 0.252 e. The zero-order valence-electron chi connectivity index (χ0n) is 15.6. The molecule has 0 aliphatic carbocycles. The van der Waals surface area contributed by atoms with E-state index in [2.05, 4.69) is 48.2 Å². The van der Waals surface area contributed by atoms with Gasteiger partial charge in [0.1, 0.15) is 0 Å². The number of halogens is 1. The Morgan fingerprint density at radius 2 is 2.11 bits per heavy atom. The Morgan fingerprint density at radius 1 is 1.25 bits per heavy atom. The van der Waals surface area contributed by atoms with Crippen LogP contribution in [0.3, 0.4) is 0 Å². The number of nitrogens with one attached hydrogen (secondary N) is 1. The number of amides is 1. The van der Waals surface area contributed by atoms with E-state index in [4.69, 9.17) is 5.73 Å². The molecular formula is C19H24IN7O. The number of hydrogen-bond acceptors (Lipinski definition) is 6. The maximum absolute atomic E-state index is 12.2. The second-order valence-corrected chi connectivity index (χ2v) is 7.80. The topological polar surface area (TPSA) is 111 Å². The summed E-state index contributed by atoms with van der Waals surface area (Å²) in [6.45, 7) is 1.11. The van der Waals surface area contributed by atoms with Gasteiger partial charge in [0.15, 0.2) is 0 Å². The first-order valence-corrected chi connectivity index (χ1v) is 10.5. The smallest absolute Gasteiger partial charge is 0.252 e. The Kier molecular flexibility index (Phi) is 7.52. The van der Waals surface area contributed by atoms with Crippen molar-refractivity contribution in [3.05, 3.63) is 45.3 Å². The molecule has 8 nitrogen and oxygen atoms in total. The fourth-order valence-corrected chi connectivity index (χ4v) is 3.59. The van der Waals surface area contributed by atoms with Crippen molar-refractivity contribution in [1.29, 1.82) is 0 Å². The molecular weight excluding hydrogens is 469 g/mol. The van der Waals surface area contributed by atoms with Gasteiger partial charge in [-0.05, 0) is 54.0 Å². The van der Waals surface area contributed by atoms with Crippen molar-refractivity contribution < 1.29 is 4.79 Å². The van der Waals surface area contributed by atoms with Crippen LogP contribution in [0.25, 0.3) is 0 Å². The minimum absolute atomic E-state index is 0.0660. The standard InChI is InChI=1S/C19H24IN7O/c20-17-9-5-4-8-16(17)18(28)22-10-11-27-13-15(25-26-27)7-3-1-2-6-14-12-23-19(21)24-14/h4-5,8-9,12-14H,1-3,6-7,10-11H2,(H2,21,24)(H,22,28). The predicted molar refractivity (Wildman–Crippen MR) is 118 cm³/mol. The molecule has 0 saturated carbocycles. The molecule has 1 amide bonds. The Labute approximate surface area is 177 Å². The van der Waals surface area contributed by atoms with Crippen molar-refractivity contribution in [1.82, 2.24) is 20.3 Å². The lowest BCUT2D eigenvalue weighted by atomic mass is 10.1. The molecule has 148 valence electrons. The van der Waals surface area contributed by atoms with E-state index in [1.54, 1.807) is 4.68 Å². The quantitative estimate of drug-likeness (QED) is 0.391. The van der Waals surface area contributed by atoms with Crippen molar-refractivity contribution >= 4 is 40.7 Å². The van der Waals surface area contributed by atoms with Crippen molar-refractivity contribution in [2.75, 3.05) is 6.54 Å². The summed E-state index contributed by atoms with van der Waals surface area (Å²) in [7, 11) is 0. The zero-order chi connectivity index (χ0) is 19.8. The third-order valence-corrected chi connectivity index (χ3v) is 5.38. The van der Waals surface area contributed by atoms with Crippen LogP contribution in [0.5, 0.6) is 0 Å². The molecule has 1 aromatic carbocycles. The fraction of sp³-hybridized carbons (Fsp3) is 0.421. The largest absolute Gasteiger partial charge is 0.368 e. The van der Waals surface area contributed by atoms with E-state index in [9.17, 15) is 4.79 Å². The van der Waals surface area contributed by atoms with Crippen LogP contribution in [0.15, 0.2) is 40.4 Å². The average Bonchev–Trinajstić information content (AvgIpc) is 3.30. The number of guanidine groups is 1. The van der Waals surface area contributed by atoms with Gasteiger partial charge in [-0.3, -0.25) is 9.48 Å². The normalized spacial score (nSPS) is 15.6. The monoisotopic (exact) mass is 493 g/mol. The van der Waals surface area contributed by atoms with Gasteiger partial charge in [0.05, 0.1) is 23.8 Å². The number of benzene rings is 1. The number of unbranched alkanes of at least 4 members (excludes halogenated alkanes) is 2. The molecule has 1 unspecified atom stereocenters. The molecule has 1 aromatic heterocycles. The molecule has 3 rings (SSSR count). The molecule has 2 heterocycles. The molecule has 3 N–H and O–H groups in total. The molecule has 0 fully saturated rings. The van der Waals surface area contributed by atoms with E-state index in [0.29, 0.717) is 24.6 Å². The van der Waals surface area contributed by atoms with Gasteiger partial charge >= 0.3 is 0 Å². The maximum atomic E-state index is 12.2. The van der Waals surface area contributed by atoms with Crippen molar-refractivity contribution in [2.24, 2.45) is 15.7 Å². The number of aliphatic imine (C=N–C) groups is 2. The number of carbonyl (C=O) groups is 1. The van der Waals surface area contributed by atoms with Crippen LogP contribution in [0, 0.1) is 3.57 Å². The lowest BCUT2D eigenvalue weighted by Gasteiger charge is -2.06. The number of aryl methyl sites for hydroxylation is 1. The summed E-state index contributed by atoms with van der Waals surface area (Å²) < 4.78 is 2.72. The molecule has 1 atom stereocenters. The Balaban J connectivity index is 1.31. The summed E-state index contributed by atoms with van der Waals surface area (Å²) in [6.07, 6.45) is 8.91. The third-order valence-electron chi connectivity index (χ3n) is 4.44. The molecule has 0 saturated heterocycles. The van der Waals surface area contributed by atoms with Crippen LogP contribution in [-0.4, -0.2) is 45.7 Å². The summed E-state index contributed by atoms with van der Waals surface area (Å²) >= 11 is 2.17. The highest BCUT2D eigenvalue weighted by molar-refractivity contribution is 14.1. The van der Waals surface area contributed by atoms with Gasteiger partial charge in [0.2, 0.25) is 5.96 Å². The van der Waals surface area contributed by atoms with Gasteiger partial charge < -0.3 is 11.1 Å². The van der Waals surface area contributed by atoms with Crippen LogP contribution >= 0.6 is 22.6 Å². The number of nitrogens with zero attached hydrogens (tertiary/aromatic N) is 5. The van der Waals surface area contributed by atoms with Crippen LogP contribution in [0.4, 0.5) is 0 Å². The Bertz CT molecular complexity index is 861. The first-order chi connectivity index (χ1) is 13.6. The number of aromatic nitrogens is 3. The molecule has 0 spiro atoms. The first-order valence-electron chi connectivity index (χ1n) is 9.41. The van der Waals surface area contributed by atoms with E-state index < -0.39 is 0 Å². The van der Waals surface area contributed by atoms with Crippen LogP contribution in [0.2, 0.25) is 0 Å². The SMILES string of the molecule is NC1=NC(CCCCCc2cn(CCNC(=O)c3ccccc3I)nn2)C=N1. The van der Waals surface area contributed by atoms with Gasteiger partial charge in [0, 0.05) is 22.5 Å². The summed E-state index contributed by atoms with van der Waals surface area (Å²) in [5.74, 6) is 0.319. The van der Waals surface area contributed by atoms with Crippen LogP contribution < -0.4 is 11.1 Å². The number of hydrogen-bond donors (Lipinski definition) is 2. The molecule has 9 heteroatoms. The molecule has 1 aliphatic rings. The van der Waals surface area contributed by atoms with Gasteiger partial charge in [-0.1, -0.05) is 30.2 Å². The molecule has 1 aliphatic heterocycles. The van der Waals surface area contributed by atoms with E-state index >= 15 is 0 Å². The summed E-state index contributed by atoms with van der Waals surface area (Å²) in [6, 6.07) is 7.68. The van der Waals surface area contributed by atoms with E-state index in [1.807, 2.05) is 36.7 Å². The van der Waals surface area contributed by atoms with Gasteiger partial charge in [-0.25, -0.2) is 9.98 Å². The Morgan fingerprint density at radius 3 is 2.89 bits per heavy atom. The molecule has 2 aromatic rings. The number of rotatable bonds is 10. The molecule has 28 heavy (non-hydrogen) atoms. The highest BCUT2D eigenvalue weighted by Crippen LogP contribution is 2.11. The lowest BCUT2D eigenvalue weighted by Crippen LogP contribution is -2.28. The zero-order valence-corrected chi connectivity index (χ0v) is 17.7. The summed E-state index contributed by atoms with van der Waals surface area (Å²) in [5, 5.41) is 11.3. The fourth-order valence-electron chi connectivity index (χ4n) is 2.96. The van der Waals surface area contributed by atoms with Gasteiger partial charge in [-0.15, -0.1) is 5.10 Å². The predicted octanol–water partition coefficient (Wildman–Crippen LogP) is 2.18. The second-order valence-electron chi connectivity index (χ2n) is 6.64. The third kappa shape index (κ3) is 6.11. The van der Waals surface area contributed by atoms with Gasteiger partial charge in [0.25, 0.3) is 5.91 Å². The van der Waals surface area contributed by atoms with Crippen molar-refractivity contribution in [3.63, 3.8) is 0 Å². The Hall–Kier alpha value is -2.30. The summed E-state index contributed by atoms with van der Waals surface area (Å²) in [5.41, 5.74) is 7.21. The highest BCUT2D eigenvalue weighted by Gasteiger charge is 2.10. The van der Waals surface area contributed by atoms with E-state index in [-0.39, 0.29) is 11.9 Å². The molecule has 0 bridgehead atoms. The minimum Gasteiger partial charge on any atom is -0.368 e. The highest BCUT2D eigenvalue weighted by atomic mass is 127. The van der Waals surface area contributed by atoms with Crippen molar-refractivity contribution in [2.45, 2.75) is 44.7 Å². The van der Waals surface area contributed by atoms with E-state index in [0.717, 1.165) is 41.4 Å². The van der Waals surface area contributed by atoms with Crippen LogP contribution in [-0.2, 0) is 13.0 Å². The summed E-state index contributed by atoms with van der Waals surface area (Å²) in [4.78, 5) is 20.4. The van der Waals surface area contributed by atoms with Gasteiger partial charge in [-0.2, -0.15) is 0 Å². The molecule has 0 radical (unpaired) electrons. The average molecular weight is 493 g/mol. The minimum atomic E-state index is -0.0660. The lowest BCUT2D eigenvalue weighted by molar-refractivity contribution is 0.0951. The number of carbonyl (C=O) groups excluding carboxylic acids is 1.